The number of benzene rings is 2. The minimum Gasteiger partial charge on any atom is -0.462 e. The Kier molecular flexibility index (Phi) is 9.37. The first-order valence-electron chi connectivity index (χ1n) is 11.2. The second-order valence-corrected chi connectivity index (χ2v) is 7.52. The zero-order valence-corrected chi connectivity index (χ0v) is 19.0. The van der Waals surface area contributed by atoms with Gasteiger partial charge in [-0.15, -0.1) is 0 Å². The Labute approximate surface area is 195 Å². The molecule has 0 atom stereocenters. The van der Waals surface area contributed by atoms with Crippen LogP contribution in [-0.4, -0.2) is 47.9 Å². The highest BCUT2D eigenvalue weighted by atomic mass is 16.5. The number of hydrogen-bond acceptors (Lipinski definition) is 7. The van der Waals surface area contributed by atoms with Crippen molar-refractivity contribution in [2.24, 2.45) is 0 Å². The summed E-state index contributed by atoms with van der Waals surface area (Å²) in [7, 11) is 0. The third kappa shape index (κ3) is 7.41. The van der Waals surface area contributed by atoms with Gasteiger partial charge < -0.3 is 25.4 Å². The molecule has 1 aliphatic heterocycles. The van der Waals surface area contributed by atoms with Crippen molar-refractivity contribution < 1.29 is 9.84 Å². The summed E-state index contributed by atoms with van der Waals surface area (Å²) in [5, 5.41) is 13.9. The third-order valence-electron chi connectivity index (χ3n) is 5.20. The van der Waals surface area contributed by atoms with Gasteiger partial charge >= 0.3 is 0 Å². The normalized spacial score (nSPS) is 12.8. The van der Waals surface area contributed by atoms with E-state index in [1.807, 2.05) is 6.07 Å². The number of morpholine rings is 1. The zero-order valence-electron chi connectivity index (χ0n) is 19.0. The van der Waals surface area contributed by atoms with Gasteiger partial charge in [-0.05, 0) is 48.9 Å². The van der Waals surface area contributed by atoms with E-state index in [2.05, 4.69) is 87.4 Å². The van der Waals surface area contributed by atoms with E-state index in [-0.39, 0.29) is 0 Å². The van der Waals surface area contributed by atoms with E-state index in [0.717, 1.165) is 55.5 Å². The molecule has 1 saturated heterocycles. The highest BCUT2D eigenvalue weighted by Crippen LogP contribution is 2.23. The predicted molar refractivity (Wildman–Crippen MR) is 134 cm³/mol. The van der Waals surface area contributed by atoms with E-state index in [1.54, 1.807) is 6.20 Å². The number of unbranched alkanes of at least 4 members (excludes halogenated alkanes) is 1. The van der Waals surface area contributed by atoms with Crippen LogP contribution < -0.4 is 15.5 Å². The van der Waals surface area contributed by atoms with Crippen LogP contribution in [0.15, 0.2) is 60.8 Å². The third-order valence-corrected chi connectivity index (χ3v) is 5.20. The van der Waals surface area contributed by atoms with Crippen LogP contribution in [0.5, 0.6) is 0 Å². The summed E-state index contributed by atoms with van der Waals surface area (Å²) < 4.78 is 5.43. The number of nitrogens with one attached hydrogen (secondary N) is 2. The fourth-order valence-electron chi connectivity index (χ4n) is 3.45. The van der Waals surface area contributed by atoms with Crippen molar-refractivity contribution in [1.29, 1.82) is 0 Å². The summed E-state index contributed by atoms with van der Waals surface area (Å²) in [6, 6.07) is 18.7. The molecule has 7 heteroatoms. The molecule has 0 saturated carbocycles. The molecule has 7 nitrogen and oxygen atoms in total. The van der Waals surface area contributed by atoms with Crippen LogP contribution in [0, 0.1) is 12.5 Å². The Bertz CT molecular complexity index is 1010. The van der Waals surface area contributed by atoms with Crippen molar-refractivity contribution in [2.45, 2.75) is 19.8 Å². The van der Waals surface area contributed by atoms with Crippen molar-refractivity contribution in [3.05, 3.63) is 60.8 Å². The van der Waals surface area contributed by atoms with Crippen molar-refractivity contribution >= 4 is 23.0 Å². The van der Waals surface area contributed by atoms with Gasteiger partial charge in [-0.3, -0.25) is 0 Å². The Morgan fingerprint density at radius 1 is 1.03 bits per heavy atom. The van der Waals surface area contributed by atoms with Gasteiger partial charge in [0.15, 0.2) is 0 Å². The van der Waals surface area contributed by atoms with Crippen LogP contribution in [0.25, 0.3) is 11.3 Å². The van der Waals surface area contributed by atoms with Gasteiger partial charge in [0.25, 0.3) is 0 Å². The molecule has 2 heterocycles. The quantitative estimate of drug-likeness (QED) is 0.336. The number of terminal acetylenes is 1. The average molecular weight is 446 g/mol. The maximum Gasteiger partial charge on any atom is 0.227 e. The summed E-state index contributed by atoms with van der Waals surface area (Å²) in [6.45, 7) is 6.65. The Hall–Kier alpha value is -3.76. The fourth-order valence-corrected chi connectivity index (χ4v) is 3.45. The van der Waals surface area contributed by atoms with Gasteiger partial charge in [0.1, 0.15) is 6.11 Å². The van der Waals surface area contributed by atoms with Crippen LogP contribution in [0.4, 0.5) is 23.0 Å². The maximum absolute atomic E-state index is 7.10. The summed E-state index contributed by atoms with van der Waals surface area (Å²) in [6.07, 6.45) is 9.56. The van der Waals surface area contributed by atoms with E-state index in [0.29, 0.717) is 5.95 Å². The molecule has 1 aromatic heterocycles. The first-order chi connectivity index (χ1) is 16.2. The average Bonchev–Trinajstić information content (AvgIpc) is 2.86. The second-order valence-electron chi connectivity index (χ2n) is 7.52. The summed E-state index contributed by atoms with van der Waals surface area (Å²) in [5.41, 5.74) is 5.30. The molecule has 0 amide bonds. The number of aromatic nitrogens is 2. The lowest BCUT2D eigenvalue weighted by molar-refractivity contribution is 0.122. The minimum absolute atomic E-state index is 0.594. The van der Waals surface area contributed by atoms with E-state index < -0.39 is 0 Å². The topological polar surface area (TPSA) is 82.5 Å². The standard InChI is InChI=1S/C24H29N5O.C2H2O/c1-2-3-13-25-20-6-4-19(5-7-20)23-12-14-26-24(28-23)27-21-8-10-22(11-9-21)29-15-17-30-18-16-29;1-2-3/h4-12,14,25H,2-3,13,15-18H2,1H3,(H,26,27,28);1,3H. The Morgan fingerprint density at radius 2 is 1.70 bits per heavy atom. The summed E-state index contributed by atoms with van der Waals surface area (Å²) in [4.78, 5) is 11.4. The monoisotopic (exact) mass is 445 g/mol. The molecule has 2 aromatic carbocycles. The highest BCUT2D eigenvalue weighted by molar-refractivity contribution is 5.65. The van der Waals surface area contributed by atoms with Crippen LogP contribution in [-0.2, 0) is 4.74 Å². The number of aliphatic hydroxyl groups is 1. The van der Waals surface area contributed by atoms with Crippen LogP contribution in [0.2, 0.25) is 0 Å². The van der Waals surface area contributed by atoms with Crippen LogP contribution in [0.1, 0.15) is 19.8 Å². The van der Waals surface area contributed by atoms with Crippen molar-refractivity contribution in [1.82, 2.24) is 9.97 Å². The highest BCUT2D eigenvalue weighted by Gasteiger charge is 2.11. The van der Waals surface area contributed by atoms with Gasteiger partial charge in [-0.25, -0.2) is 9.97 Å². The van der Waals surface area contributed by atoms with Gasteiger partial charge in [0.05, 0.1) is 18.9 Å². The van der Waals surface area contributed by atoms with Gasteiger partial charge in [-0.1, -0.05) is 31.9 Å². The molecule has 172 valence electrons. The van der Waals surface area contributed by atoms with E-state index >= 15 is 0 Å². The molecule has 1 aliphatic rings. The number of aliphatic hydroxyl groups excluding tert-OH is 1. The maximum atomic E-state index is 7.10. The molecule has 0 radical (unpaired) electrons. The smallest absolute Gasteiger partial charge is 0.227 e. The van der Waals surface area contributed by atoms with Crippen molar-refractivity contribution in [2.75, 3.05) is 48.4 Å². The molecule has 0 spiro atoms. The fraction of sp³-hybridized carbons (Fsp3) is 0.308. The van der Waals surface area contributed by atoms with Crippen LogP contribution >= 0.6 is 0 Å². The lowest BCUT2D eigenvalue weighted by Gasteiger charge is -2.28. The number of ether oxygens (including phenoxy) is 1. The summed E-state index contributed by atoms with van der Waals surface area (Å²) >= 11 is 0. The molecule has 0 unspecified atom stereocenters. The van der Waals surface area contributed by atoms with E-state index in [9.17, 15) is 0 Å². The van der Waals surface area contributed by atoms with Crippen molar-refractivity contribution in [3.8, 4) is 23.8 Å². The predicted octanol–water partition coefficient (Wildman–Crippen LogP) is 4.89. The number of rotatable bonds is 8. The largest absolute Gasteiger partial charge is 0.462 e. The first kappa shape index (κ1) is 23.9. The number of hydrogen-bond donors (Lipinski definition) is 3. The van der Waals surface area contributed by atoms with E-state index in [4.69, 9.17) is 9.84 Å². The first-order valence-corrected chi connectivity index (χ1v) is 11.2. The molecule has 0 bridgehead atoms. The SMILES string of the molecule is C#CO.CCCCNc1ccc(-c2ccnc(Nc3ccc(N4CCOCC4)cc3)n2)cc1. The second kappa shape index (κ2) is 12.9. The molecule has 0 aliphatic carbocycles. The lowest BCUT2D eigenvalue weighted by Crippen LogP contribution is -2.36. The molecule has 4 rings (SSSR count). The molecular weight excluding hydrogens is 414 g/mol. The summed E-state index contributed by atoms with van der Waals surface area (Å²) in [5.74, 6) is 0.594. The van der Waals surface area contributed by atoms with E-state index in [1.165, 1.54) is 24.6 Å². The van der Waals surface area contributed by atoms with Gasteiger partial charge in [-0.2, -0.15) is 0 Å². The minimum atomic E-state index is 0.594. The zero-order chi connectivity index (χ0) is 23.3. The van der Waals surface area contributed by atoms with Gasteiger partial charge in [0, 0.05) is 48.5 Å². The van der Waals surface area contributed by atoms with Crippen molar-refractivity contribution in [3.63, 3.8) is 0 Å². The lowest BCUT2D eigenvalue weighted by atomic mass is 10.1. The Balaban J connectivity index is 0.000000968. The molecular formula is C26H31N5O2. The van der Waals surface area contributed by atoms with Crippen LogP contribution in [0.3, 0.4) is 0 Å². The molecule has 3 aromatic rings. The number of nitrogens with zero attached hydrogens (tertiary/aromatic N) is 3. The number of anilines is 4. The molecule has 1 fully saturated rings. The molecule has 33 heavy (non-hydrogen) atoms. The molecule has 3 N–H and O–H groups in total. The Morgan fingerprint density at radius 3 is 2.36 bits per heavy atom. The van der Waals surface area contributed by atoms with Gasteiger partial charge in [0.2, 0.25) is 5.95 Å².